The molecule has 0 atom stereocenters. The Labute approximate surface area is 183 Å². The number of carbonyl (C=O) groups excluding carboxylic acids is 2. The number of anilines is 1. The molecule has 3 aromatic rings. The van der Waals surface area contributed by atoms with Gasteiger partial charge in [0.2, 0.25) is 5.91 Å². The number of hydrogen-bond donors (Lipinski definition) is 2. The lowest BCUT2D eigenvalue weighted by Gasteiger charge is -2.44. The molecule has 2 amide bonds. The average Bonchev–Trinajstić information content (AvgIpc) is 3.09. The fourth-order valence-electron chi connectivity index (χ4n) is 4.40. The quantitative estimate of drug-likeness (QED) is 0.649. The van der Waals surface area contributed by atoms with Crippen molar-refractivity contribution in [1.82, 2.24) is 14.8 Å². The molecule has 3 heterocycles. The molecule has 2 N–H and O–H groups in total. The largest absolute Gasteiger partial charge is 0.467 e. The Morgan fingerprint density at radius 1 is 1.16 bits per heavy atom. The Balaban J connectivity index is 1.20. The van der Waals surface area contributed by atoms with Crippen molar-refractivity contribution in [3.05, 3.63) is 58.6 Å². The summed E-state index contributed by atoms with van der Waals surface area (Å²) in [6, 6.07) is 12.4. The van der Waals surface area contributed by atoms with Crippen molar-refractivity contribution in [2.75, 3.05) is 25.0 Å². The van der Waals surface area contributed by atoms with E-state index < -0.39 is 11.5 Å². The molecule has 32 heavy (non-hydrogen) atoms. The zero-order valence-corrected chi connectivity index (χ0v) is 17.7. The molecule has 9 nitrogen and oxygen atoms in total. The minimum atomic E-state index is -0.729. The van der Waals surface area contributed by atoms with Gasteiger partial charge in [0.15, 0.2) is 11.3 Å². The standard InChI is InChI=1S/C23H24N4O5/c1-2-27-17-8-7-15(13-19(17)31-22(27)30)24-20(28)14-26-11-9-23(10-12-26)25-21(29)16-5-3-4-6-18(16)32-23/h3-8,13H,2,9-12,14H2,1H3,(H,24,28)(H,25,29). The molecule has 1 saturated heterocycles. The molecule has 9 heteroatoms. The van der Waals surface area contributed by atoms with Crippen LogP contribution >= 0.6 is 0 Å². The van der Waals surface area contributed by atoms with Gasteiger partial charge < -0.3 is 19.8 Å². The third-order valence-corrected chi connectivity index (χ3v) is 6.08. The van der Waals surface area contributed by atoms with Crippen LogP contribution in [0.2, 0.25) is 0 Å². The second-order valence-electron chi connectivity index (χ2n) is 8.17. The molecule has 1 spiro atoms. The number of hydrogen-bond acceptors (Lipinski definition) is 6. The minimum absolute atomic E-state index is 0.128. The first-order valence-corrected chi connectivity index (χ1v) is 10.7. The third kappa shape index (κ3) is 3.64. The number of para-hydroxylation sites is 1. The summed E-state index contributed by atoms with van der Waals surface area (Å²) in [5.74, 6) is -0.0947. The van der Waals surface area contributed by atoms with Gasteiger partial charge in [0, 0.05) is 44.2 Å². The Bertz CT molecular complexity index is 1250. The van der Waals surface area contributed by atoms with Crippen LogP contribution in [0.1, 0.15) is 30.1 Å². The molecule has 0 bridgehead atoms. The molecule has 0 radical (unpaired) electrons. The van der Waals surface area contributed by atoms with Gasteiger partial charge in [0.25, 0.3) is 5.91 Å². The molecule has 2 aliphatic heterocycles. The lowest BCUT2D eigenvalue weighted by molar-refractivity contribution is -0.118. The SMILES string of the molecule is CCn1c(=O)oc2cc(NC(=O)CN3CCC4(CC3)NC(=O)c3ccccc3O4)ccc21. The van der Waals surface area contributed by atoms with Crippen LogP contribution in [0.15, 0.2) is 51.7 Å². The maximum Gasteiger partial charge on any atom is 0.419 e. The summed E-state index contributed by atoms with van der Waals surface area (Å²) in [6.07, 6.45) is 1.17. The van der Waals surface area contributed by atoms with E-state index in [1.54, 1.807) is 24.3 Å². The number of nitrogens with one attached hydrogen (secondary N) is 2. The van der Waals surface area contributed by atoms with Gasteiger partial charge in [-0.25, -0.2) is 4.79 Å². The topological polar surface area (TPSA) is 106 Å². The number of carbonyl (C=O) groups is 2. The molecular formula is C23H24N4O5. The predicted octanol–water partition coefficient (Wildman–Crippen LogP) is 2.17. The van der Waals surface area contributed by atoms with E-state index in [1.165, 1.54) is 4.57 Å². The monoisotopic (exact) mass is 436 g/mol. The van der Waals surface area contributed by atoms with Gasteiger partial charge in [-0.1, -0.05) is 12.1 Å². The average molecular weight is 436 g/mol. The third-order valence-electron chi connectivity index (χ3n) is 6.08. The summed E-state index contributed by atoms with van der Waals surface area (Å²) >= 11 is 0. The van der Waals surface area contributed by atoms with E-state index in [0.29, 0.717) is 60.6 Å². The van der Waals surface area contributed by atoms with Crippen molar-refractivity contribution in [3.63, 3.8) is 0 Å². The number of likely N-dealkylation sites (tertiary alicyclic amines) is 1. The van der Waals surface area contributed by atoms with Crippen molar-refractivity contribution in [1.29, 1.82) is 0 Å². The van der Waals surface area contributed by atoms with E-state index >= 15 is 0 Å². The molecule has 5 rings (SSSR count). The Hall–Kier alpha value is -3.59. The number of rotatable bonds is 4. The van der Waals surface area contributed by atoms with Crippen LogP contribution in [0.25, 0.3) is 11.1 Å². The molecule has 0 unspecified atom stereocenters. The van der Waals surface area contributed by atoms with E-state index in [2.05, 4.69) is 10.6 Å². The van der Waals surface area contributed by atoms with Gasteiger partial charge in [-0.2, -0.15) is 0 Å². The summed E-state index contributed by atoms with van der Waals surface area (Å²) < 4.78 is 12.9. The molecular weight excluding hydrogens is 412 g/mol. The number of oxazole rings is 1. The maximum absolute atomic E-state index is 12.6. The molecule has 1 fully saturated rings. The smallest absolute Gasteiger partial charge is 0.419 e. The highest BCUT2D eigenvalue weighted by atomic mass is 16.5. The molecule has 1 aromatic heterocycles. The van der Waals surface area contributed by atoms with Crippen molar-refractivity contribution in [2.45, 2.75) is 32.0 Å². The first-order chi connectivity index (χ1) is 15.5. The van der Waals surface area contributed by atoms with Crippen LogP contribution in [0, 0.1) is 0 Å². The Morgan fingerprint density at radius 3 is 2.72 bits per heavy atom. The van der Waals surface area contributed by atoms with Crippen LogP contribution in [-0.4, -0.2) is 46.6 Å². The Morgan fingerprint density at radius 2 is 1.94 bits per heavy atom. The second kappa shape index (κ2) is 7.83. The van der Waals surface area contributed by atoms with Gasteiger partial charge in [-0.15, -0.1) is 0 Å². The number of ether oxygens (including phenoxy) is 1. The highest BCUT2D eigenvalue weighted by Crippen LogP contribution is 2.33. The number of piperidine rings is 1. The number of amides is 2. The van der Waals surface area contributed by atoms with Crippen molar-refractivity contribution < 1.29 is 18.7 Å². The van der Waals surface area contributed by atoms with Gasteiger partial charge in [-0.05, 0) is 31.2 Å². The van der Waals surface area contributed by atoms with E-state index in [9.17, 15) is 14.4 Å². The summed E-state index contributed by atoms with van der Waals surface area (Å²) in [4.78, 5) is 38.9. The number of nitrogens with zero attached hydrogens (tertiary/aromatic N) is 2. The van der Waals surface area contributed by atoms with Crippen LogP contribution in [0.3, 0.4) is 0 Å². The summed E-state index contributed by atoms with van der Waals surface area (Å²) in [5.41, 5.74) is 1.54. The van der Waals surface area contributed by atoms with Crippen LogP contribution in [0.5, 0.6) is 5.75 Å². The molecule has 166 valence electrons. The van der Waals surface area contributed by atoms with Gasteiger partial charge in [0.1, 0.15) is 5.75 Å². The second-order valence-corrected chi connectivity index (χ2v) is 8.17. The zero-order valence-electron chi connectivity index (χ0n) is 17.7. The molecule has 2 aliphatic rings. The first kappa shape index (κ1) is 20.3. The van der Waals surface area contributed by atoms with Crippen molar-refractivity contribution >= 4 is 28.6 Å². The first-order valence-electron chi connectivity index (χ1n) is 10.7. The zero-order chi connectivity index (χ0) is 22.3. The number of fused-ring (bicyclic) bond motifs is 2. The predicted molar refractivity (Wildman–Crippen MR) is 118 cm³/mol. The van der Waals surface area contributed by atoms with Crippen molar-refractivity contribution in [2.24, 2.45) is 0 Å². The lowest BCUT2D eigenvalue weighted by atomic mass is 9.97. The number of benzene rings is 2. The minimum Gasteiger partial charge on any atom is -0.467 e. The van der Waals surface area contributed by atoms with Gasteiger partial charge in [-0.3, -0.25) is 19.1 Å². The summed E-state index contributed by atoms with van der Waals surface area (Å²) in [5, 5.41) is 5.87. The van der Waals surface area contributed by atoms with E-state index in [0.717, 1.165) is 0 Å². The van der Waals surface area contributed by atoms with Gasteiger partial charge in [0.05, 0.1) is 17.6 Å². The molecule has 0 saturated carbocycles. The van der Waals surface area contributed by atoms with E-state index in [1.807, 2.05) is 30.0 Å². The fraction of sp³-hybridized carbons (Fsp3) is 0.348. The maximum atomic E-state index is 12.6. The fourth-order valence-corrected chi connectivity index (χ4v) is 4.40. The summed E-state index contributed by atoms with van der Waals surface area (Å²) in [6.45, 7) is 3.84. The normalized spacial score (nSPS) is 17.6. The molecule has 2 aromatic carbocycles. The van der Waals surface area contributed by atoms with E-state index in [-0.39, 0.29) is 18.4 Å². The highest BCUT2D eigenvalue weighted by molar-refractivity contribution is 5.98. The highest BCUT2D eigenvalue weighted by Gasteiger charge is 2.42. The van der Waals surface area contributed by atoms with Crippen LogP contribution in [-0.2, 0) is 11.3 Å². The number of aromatic nitrogens is 1. The van der Waals surface area contributed by atoms with E-state index in [4.69, 9.17) is 9.15 Å². The lowest BCUT2D eigenvalue weighted by Crippen LogP contribution is -2.61. The van der Waals surface area contributed by atoms with Crippen LogP contribution < -0.4 is 21.1 Å². The van der Waals surface area contributed by atoms with Crippen LogP contribution in [0.4, 0.5) is 5.69 Å². The van der Waals surface area contributed by atoms with Crippen molar-refractivity contribution in [3.8, 4) is 5.75 Å². The Kier molecular flexibility index (Phi) is 4.97. The van der Waals surface area contributed by atoms with Gasteiger partial charge >= 0.3 is 5.76 Å². The number of aryl methyl sites for hydroxylation is 1. The summed E-state index contributed by atoms with van der Waals surface area (Å²) in [7, 11) is 0. The molecule has 0 aliphatic carbocycles.